The maximum absolute atomic E-state index is 5.15. The molecule has 0 N–H and O–H groups in total. The van der Waals surface area contributed by atoms with Gasteiger partial charge in [-0.15, -0.1) is 0 Å². The van der Waals surface area contributed by atoms with Gasteiger partial charge in [0, 0.05) is 12.8 Å². The van der Waals surface area contributed by atoms with Gasteiger partial charge in [-0.3, -0.25) is 4.99 Å². The zero-order valence-electron chi connectivity index (χ0n) is 10.5. The molecule has 2 aromatic carbocycles. The lowest BCUT2D eigenvalue weighted by molar-refractivity contribution is 0.157. The fourth-order valence-corrected chi connectivity index (χ4v) is 1.68. The van der Waals surface area contributed by atoms with Gasteiger partial charge >= 0.3 is 0 Å². The van der Waals surface area contributed by atoms with Crippen LogP contribution in [0.5, 0.6) is 0 Å². The molecule has 0 bridgehead atoms. The molecule has 0 aromatic heterocycles. The summed E-state index contributed by atoms with van der Waals surface area (Å²) in [6, 6.07) is 18.7. The molecule has 0 heterocycles. The lowest BCUT2D eigenvalue weighted by Gasteiger charge is -2.01. The largest absolute Gasteiger partial charge is 0.360 e. The van der Waals surface area contributed by atoms with E-state index in [2.05, 4.69) is 41.4 Å². The maximum Gasteiger partial charge on any atom is 0.137 e. The van der Waals surface area contributed by atoms with Crippen LogP contribution in [0.4, 0.5) is 0 Å². The number of hydrogen-bond donors (Lipinski definition) is 0. The number of ether oxygens (including phenoxy) is 1. The minimum atomic E-state index is 0.428. The van der Waals surface area contributed by atoms with Crippen LogP contribution in [0.15, 0.2) is 59.6 Å². The molecular formula is C16H17NO. The Balaban J connectivity index is 2.04. The highest BCUT2D eigenvalue weighted by Crippen LogP contribution is 2.18. The van der Waals surface area contributed by atoms with Crippen molar-refractivity contribution in [1.29, 1.82) is 0 Å². The Hall–Kier alpha value is -1.93. The Morgan fingerprint density at radius 2 is 1.61 bits per heavy atom. The summed E-state index contributed by atoms with van der Waals surface area (Å²) in [5.74, 6) is 0. The van der Waals surface area contributed by atoms with Crippen LogP contribution in [0.25, 0.3) is 11.1 Å². The molecule has 0 atom stereocenters. The minimum Gasteiger partial charge on any atom is -0.360 e. The second-order valence-electron chi connectivity index (χ2n) is 3.92. The van der Waals surface area contributed by atoms with E-state index in [1.807, 2.05) is 31.3 Å². The molecule has 0 aliphatic rings. The molecule has 0 saturated carbocycles. The topological polar surface area (TPSA) is 21.6 Å². The highest BCUT2D eigenvalue weighted by molar-refractivity contribution is 5.80. The fraction of sp³-hybridized carbons (Fsp3) is 0.188. The molecule has 2 heteroatoms. The molecule has 0 amide bonds. The monoisotopic (exact) mass is 239 g/mol. The highest BCUT2D eigenvalue weighted by atomic mass is 16.5. The predicted octanol–water partition coefficient (Wildman–Crippen LogP) is 3.77. The van der Waals surface area contributed by atoms with E-state index in [-0.39, 0.29) is 0 Å². The van der Waals surface area contributed by atoms with Crippen LogP contribution in [0.2, 0.25) is 0 Å². The van der Waals surface area contributed by atoms with Crippen molar-refractivity contribution < 1.29 is 4.74 Å². The Labute approximate surface area is 108 Å². The van der Waals surface area contributed by atoms with Crippen LogP contribution in [0, 0.1) is 0 Å². The second kappa shape index (κ2) is 6.72. The summed E-state index contributed by atoms with van der Waals surface area (Å²) in [4.78, 5) is 4.19. The van der Waals surface area contributed by atoms with Gasteiger partial charge in [0.25, 0.3) is 0 Å². The van der Waals surface area contributed by atoms with Crippen molar-refractivity contribution in [3.63, 3.8) is 0 Å². The van der Waals surface area contributed by atoms with E-state index >= 15 is 0 Å². The van der Waals surface area contributed by atoms with Crippen LogP contribution >= 0.6 is 0 Å². The molecule has 0 radical (unpaired) electrons. The third-order valence-electron chi connectivity index (χ3n) is 2.63. The van der Waals surface area contributed by atoms with Gasteiger partial charge in [0.2, 0.25) is 0 Å². The summed E-state index contributed by atoms with van der Waals surface area (Å²) in [6.45, 7) is 3.09. The standard InChI is InChI=1S/C16H17NO/c1-2-18-13-17-12-14-8-10-16(11-9-14)15-6-4-3-5-7-15/h3-12H,2,13H2,1H3/b17-12-. The Morgan fingerprint density at radius 3 is 2.28 bits per heavy atom. The van der Waals surface area contributed by atoms with Gasteiger partial charge in [-0.05, 0) is 23.6 Å². The summed E-state index contributed by atoms with van der Waals surface area (Å²) in [6.07, 6.45) is 1.84. The first-order chi connectivity index (χ1) is 8.90. The fourth-order valence-electron chi connectivity index (χ4n) is 1.68. The highest BCUT2D eigenvalue weighted by Gasteiger charge is 1.95. The average molecular weight is 239 g/mol. The van der Waals surface area contributed by atoms with E-state index in [0.717, 1.165) is 5.56 Å². The predicted molar refractivity (Wildman–Crippen MR) is 76.0 cm³/mol. The van der Waals surface area contributed by atoms with E-state index < -0.39 is 0 Å². The number of aliphatic imine (C=N–C) groups is 1. The van der Waals surface area contributed by atoms with Crippen molar-refractivity contribution in [2.24, 2.45) is 4.99 Å². The van der Waals surface area contributed by atoms with E-state index in [0.29, 0.717) is 13.3 Å². The Bertz CT molecular complexity index is 488. The lowest BCUT2D eigenvalue weighted by Crippen LogP contribution is -1.90. The van der Waals surface area contributed by atoms with Crippen LogP contribution in [0.3, 0.4) is 0 Å². The number of nitrogens with zero attached hydrogens (tertiary/aromatic N) is 1. The molecule has 0 unspecified atom stereocenters. The van der Waals surface area contributed by atoms with Crippen LogP contribution in [-0.2, 0) is 4.74 Å². The minimum absolute atomic E-state index is 0.428. The number of rotatable bonds is 5. The summed E-state index contributed by atoms with van der Waals surface area (Å²) < 4.78 is 5.15. The van der Waals surface area contributed by atoms with Gasteiger partial charge in [-0.1, -0.05) is 54.6 Å². The smallest absolute Gasteiger partial charge is 0.137 e. The molecule has 92 valence electrons. The van der Waals surface area contributed by atoms with Gasteiger partial charge in [-0.25, -0.2) is 0 Å². The molecule has 2 nitrogen and oxygen atoms in total. The zero-order valence-corrected chi connectivity index (χ0v) is 10.5. The third-order valence-corrected chi connectivity index (χ3v) is 2.63. The average Bonchev–Trinajstić information content (AvgIpc) is 2.45. The van der Waals surface area contributed by atoms with E-state index in [4.69, 9.17) is 4.74 Å². The Morgan fingerprint density at radius 1 is 0.944 bits per heavy atom. The lowest BCUT2D eigenvalue weighted by atomic mass is 10.0. The first-order valence-corrected chi connectivity index (χ1v) is 6.13. The molecule has 0 aliphatic carbocycles. The van der Waals surface area contributed by atoms with Gasteiger partial charge in [-0.2, -0.15) is 0 Å². The SMILES string of the molecule is CCOC/N=C\c1ccc(-c2ccccc2)cc1. The van der Waals surface area contributed by atoms with Crippen molar-refractivity contribution in [1.82, 2.24) is 0 Å². The molecule has 2 rings (SSSR count). The molecule has 0 saturated heterocycles. The molecular weight excluding hydrogens is 222 g/mol. The van der Waals surface area contributed by atoms with Crippen LogP contribution < -0.4 is 0 Å². The van der Waals surface area contributed by atoms with Gasteiger partial charge in [0.1, 0.15) is 6.73 Å². The van der Waals surface area contributed by atoms with Crippen molar-refractivity contribution in [3.05, 3.63) is 60.2 Å². The van der Waals surface area contributed by atoms with Crippen molar-refractivity contribution in [2.45, 2.75) is 6.92 Å². The first kappa shape index (κ1) is 12.5. The molecule has 0 aliphatic heterocycles. The van der Waals surface area contributed by atoms with E-state index in [1.54, 1.807) is 0 Å². The molecule has 18 heavy (non-hydrogen) atoms. The maximum atomic E-state index is 5.15. The third kappa shape index (κ3) is 3.54. The Kier molecular flexibility index (Phi) is 4.68. The summed E-state index contributed by atoms with van der Waals surface area (Å²) >= 11 is 0. The number of benzene rings is 2. The van der Waals surface area contributed by atoms with Crippen molar-refractivity contribution >= 4 is 6.21 Å². The first-order valence-electron chi connectivity index (χ1n) is 6.13. The summed E-state index contributed by atoms with van der Waals surface area (Å²) in [7, 11) is 0. The van der Waals surface area contributed by atoms with Crippen LogP contribution in [-0.4, -0.2) is 19.6 Å². The van der Waals surface area contributed by atoms with Crippen molar-refractivity contribution in [3.8, 4) is 11.1 Å². The quantitative estimate of drug-likeness (QED) is 0.575. The molecule has 0 fully saturated rings. The van der Waals surface area contributed by atoms with Crippen LogP contribution in [0.1, 0.15) is 12.5 Å². The van der Waals surface area contributed by atoms with Gasteiger partial charge < -0.3 is 4.74 Å². The normalized spacial score (nSPS) is 10.9. The number of hydrogen-bond acceptors (Lipinski definition) is 2. The second-order valence-corrected chi connectivity index (χ2v) is 3.92. The van der Waals surface area contributed by atoms with Crippen molar-refractivity contribution in [2.75, 3.05) is 13.3 Å². The molecule has 0 spiro atoms. The van der Waals surface area contributed by atoms with Gasteiger partial charge in [0.15, 0.2) is 0 Å². The summed E-state index contributed by atoms with van der Waals surface area (Å²) in [5.41, 5.74) is 3.54. The summed E-state index contributed by atoms with van der Waals surface area (Å²) in [5, 5.41) is 0. The van der Waals surface area contributed by atoms with E-state index in [9.17, 15) is 0 Å². The zero-order chi connectivity index (χ0) is 12.6. The molecule has 2 aromatic rings. The van der Waals surface area contributed by atoms with E-state index in [1.165, 1.54) is 11.1 Å². The van der Waals surface area contributed by atoms with Gasteiger partial charge in [0.05, 0.1) is 0 Å².